The molecule has 0 aliphatic carbocycles. The quantitative estimate of drug-likeness (QED) is 0.463. The zero-order valence-corrected chi connectivity index (χ0v) is 19.4. The number of anilines is 1. The third-order valence-electron chi connectivity index (χ3n) is 7.17. The molecule has 0 spiro atoms. The second-order valence-electron chi connectivity index (χ2n) is 9.37. The predicted molar refractivity (Wildman–Crippen MR) is 130 cm³/mol. The van der Waals surface area contributed by atoms with Crippen molar-refractivity contribution in [1.82, 2.24) is 24.4 Å². The maximum absolute atomic E-state index is 14.6. The van der Waals surface area contributed by atoms with Crippen LogP contribution in [0.3, 0.4) is 0 Å². The Morgan fingerprint density at radius 2 is 1.86 bits per heavy atom. The first kappa shape index (κ1) is 22.8. The Bertz CT molecular complexity index is 1480. The molecule has 2 fully saturated rings. The second kappa shape index (κ2) is 9.09. The number of benzene rings is 1. The fourth-order valence-electron chi connectivity index (χ4n) is 5.39. The number of halogens is 3. The topological polar surface area (TPSA) is 68.0 Å². The van der Waals surface area contributed by atoms with E-state index in [0.717, 1.165) is 44.1 Å². The molecule has 2 atom stereocenters. The van der Waals surface area contributed by atoms with E-state index in [0.29, 0.717) is 22.5 Å². The summed E-state index contributed by atoms with van der Waals surface area (Å²) in [5.41, 5.74) is 1.54. The largest absolute Gasteiger partial charge is 0.346 e. The SMILES string of the molecule is O=c1n(-c2ccnc3ccc(N4C[C@@H](F)C[C@@H]4c4cc(F)ccc4F)nc23)ccn1C1CCNCC1. The van der Waals surface area contributed by atoms with E-state index in [2.05, 4.69) is 10.3 Å². The number of hydrogen-bond donors (Lipinski definition) is 1. The molecular weight excluding hydrogens is 469 g/mol. The van der Waals surface area contributed by atoms with Crippen LogP contribution in [0.5, 0.6) is 0 Å². The molecule has 6 rings (SSSR count). The van der Waals surface area contributed by atoms with Gasteiger partial charge < -0.3 is 10.2 Å². The summed E-state index contributed by atoms with van der Waals surface area (Å²) in [6, 6.07) is 7.81. The molecule has 1 N–H and O–H groups in total. The molecule has 0 radical (unpaired) electrons. The third kappa shape index (κ3) is 3.95. The fourth-order valence-corrected chi connectivity index (χ4v) is 5.39. The van der Waals surface area contributed by atoms with E-state index < -0.39 is 23.8 Å². The van der Waals surface area contributed by atoms with Gasteiger partial charge in [0.1, 0.15) is 29.1 Å². The molecule has 2 saturated heterocycles. The first-order chi connectivity index (χ1) is 17.5. The molecular formula is C26H25F3N6O. The third-order valence-corrected chi connectivity index (χ3v) is 7.17. The van der Waals surface area contributed by atoms with E-state index >= 15 is 0 Å². The van der Waals surface area contributed by atoms with Crippen LogP contribution in [0.1, 0.15) is 36.9 Å². The van der Waals surface area contributed by atoms with Gasteiger partial charge in [-0.3, -0.25) is 14.1 Å². The Morgan fingerprint density at radius 3 is 2.69 bits per heavy atom. The monoisotopic (exact) mass is 494 g/mol. The fraction of sp³-hybridized carbons (Fsp3) is 0.346. The van der Waals surface area contributed by atoms with Crippen LogP contribution >= 0.6 is 0 Å². The van der Waals surface area contributed by atoms with E-state index in [9.17, 15) is 18.0 Å². The van der Waals surface area contributed by atoms with E-state index in [-0.39, 0.29) is 30.3 Å². The van der Waals surface area contributed by atoms with Crippen molar-refractivity contribution < 1.29 is 13.2 Å². The van der Waals surface area contributed by atoms with Crippen LogP contribution in [0.15, 0.2) is 59.8 Å². The van der Waals surface area contributed by atoms with Crippen LogP contribution in [-0.2, 0) is 0 Å². The van der Waals surface area contributed by atoms with Crippen LogP contribution in [0, 0.1) is 11.6 Å². The van der Waals surface area contributed by atoms with Gasteiger partial charge in [-0.05, 0) is 62.3 Å². The molecule has 4 aromatic rings. The Labute approximate surface area is 205 Å². The van der Waals surface area contributed by atoms with Gasteiger partial charge in [0.05, 0.1) is 23.8 Å². The average molecular weight is 495 g/mol. The number of nitrogens with one attached hydrogen (secondary N) is 1. The van der Waals surface area contributed by atoms with Crippen molar-refractivity contribution in [1.29, 1.82) is 0 Å². The predicted octanol–water partition coefficient (Wildman–Crippen LogP) is 4.07. The average Bonchev–Trinajstić information content (AvgIpc) is 3.47. The first-order valence-corrected chi connectivity index (χ1v) is 12.1. The molecule has 0 bridgehead atoms. The summed E-state index contributed by atoms with van der Waals surface area (Å²) in [7, 11) is 0. The zero-order valence-electron chi connectivity index (χ0n) is 19.4. The first-order valence-electron chi connectivity index (χ1n) is 12.1. The van der Waals surface area contributed by atoms with E-state index in [4.69, 9.17) is 4.98 Å². The van der Waals surface area contributed by atoms with Gasteiger partial charge in [0, 0.05) is 36.6 Å². The molecule has 7 nitrogen and oxygen atoms in total. The van der Waals surface area contributed by atoms with E-state index in [1.54, 1.807) is 50.8 Å². The summed E-state index contributed by atoms with van der Waals surface area (Å²) in [4.78, 5) is 24.1. The maximum atomic E-state index is 14.6. The van der Waals surface area contributed by atoms with Gasteiger partial charge >= 0.3 is 5.69 Å². The van der Waals surface area contributed by atoms with Crippen molar-refractivity contribution in [3.8, 4) is 5.69 Å². The summed E-state index contributed by atoms with van der Waals surface area (Å²) in [5.74, 6) is -0.755. The molecule has 2 aliphatic heterocycles. The van der Waals surface area contributed by atoms with Crippen LogP contribution in [-0.4, -0.2) is 44.9 Å². The summed E-state index contributed by atoms with van der Waals surface area (Å²) < 4.78 is 46.4. The highest BCUT2D eigenvalue weighted by Gasteiger charge is 2.36. The summed E-state index contributed by atoms with van der Waals surface area (Å²) in [6.45, 7) is 1.73. The standard InChI is InChI=1S/C26H25F3N6O/c27-16-1-2-20(29)19(13-16)23-14-17(28)15-35(23)24-4-3-21-25(32-24)22(7-10-31-21)34-12-11-33(26(34)36)18-5-8-30-9-6-18/h1-4,7,10-13,17-18,23,30H,5-6,8-9,14-15H2/t17-,23+/m0/s1. The smallest absolute Gasteiger partial charge is 0.333 e. The molecule has 5 heterocycles. The lowest BCUT2D eigenvalue weighted by atomic mass is 10.0. The molecule has 2 aliphatic rings. The van der Waals surface area contributed by atoms with Crippen molar-refractivity contribution in [2.75, 3.05) is 24.5 Å². The number of alkyl halides is 1. The molecule has 3 aromatic heterocycles. The van der Waals surface area contributed by atoms with Gasteiger partial charge in [-0.25, -0.2) is 22.9 Å². The Kier molecular flexibility index (Phi) is 5.75. The van der Waals surface area contributed by atoms with Gasteiger partial charge in [0.2, 0.25) is 0 Å². The highest BCUT2D eigenvalue weighted by Crippen LogP contribution is 2.38. The summed E-state index contributed by atoms with van der Waals surface area (Å²) >= 11 is 0. The number of imidazole rings is 1. The zero-order chi connectivity index (χ0) is 24.8. The van der Waals surface area contributed by atoms with Crippen molar-refractivity contribution in [3.63, 3.8) is 0 Å². The van der Waals surface area contributed by atoms with Crippen LogP contribution < -0.4 is 15.9 Å². The lowest BCUT2D eigenvalue weighted by molar-refractivity contribution is 0.355. The van der Waals surface area contributed by atoms with Crippen molar-refractivity contribution in [2.45, 2.75) is 37.5 Å². The molecule has 1 aromatic carbocycles. The van der Waals surface area contributed by atoms with Crippen LogP contribution in [0.4, 0.5) is 19.0 Å². The number of nitrogens with zero attached hydrogens (tertiary/aromatic N) is 5. The number of piperidine rings is 1. The second-order valence-corrected chi connectivity index (χ2v) is 9.37. The van der Waals surface area contributed by atoms with E-state index in [1.807, 2.05) is 0 Å². The highest BCUT2D eigenvalue weighted by molar-refractivity contribution is 5.84. The number of pyridine rings is 2. The number of fused-ring (bicyclic) bond motifs is 1. The lowest BCUT2D eigenvalue weighted by Gasteiger charge is -2.26. The van der Waals surface area contributed by atoms with E-state index in [1.165, 1.54) is 0 Å². The van der Waals surface area contributed by atoms with Gasteiger partial charge in [-0.1, -0.05) is 0 Å². The molecule has 0 saturated carbocycles. The normalized spacial score (nSPS) is 20.9. The Balaban J connectivity index is 1.42. The molecule has 10 heteroatoms. The minimum absolute atomic E-state index is 0.000757. The number of rotatable bonds is 4. The summed E-state index contributed by atoms with van der Waals surface area (Å²) in [6.07, 6.45) is 5.70. The van der Waals surface area contributed by atoms with Crippen LogP contribution in [0.2, 0.25) is 0 Å². The van der Waals surface area contributed by atoms with Gasteiger partial charge in [-0.2, -0.15) is 0 Å². The minimum Gasteiger partial charge on any atom is -0.346 e. The highest BCUT2D eigenvalue weighted by atomic mass is 19.1. The van der Waals surface area contributed by atoms with Crippen molar-refractivity contribution in [2.24, 2.45) is 0 Å². The van der Waals surface area contributed by atoms with Gasteiger partial charge in [-0.15, -0.1) is 0 Å². The van der Waals surface area contributed by atoms with Crippen molar-refractivity contribution in [3.05, 3.63) is 82.7 Å². The maximum Gasteiger partial charge on any atom is 0.333 e. The lowest BCUT2D eigenvalue weighted by Crippen LogP contribution is -2.34. The number of hydrogen-bond acceptors (Lipinski definition) is 5. The molecule has 0 amide bonds. The van der Waals surface area contributed by atoms with Gasteiger partial charge in [0.15, 0.2) is 0 Å². The Hall–Kier alpha value is -3.66. The van der Waals surface area contributed by atoms with Gasteiger partial charge in [0.25, 0.3) is 0 Å². The molecule has 36 heavy (non-hydrogen) atoms. The van der Waals surface area contributed by atoms with Crippen LogP contribution in [0.25, 0.3) is 16.7 Å². The van der Waals surface area contributed by atoms with Crippen molar-refractivity contribution >= 4 is 16.9 Å². The minimum atomic E-state index is -1.22. The summed E-state index contributed by atoms with van der Waals surface area (Å²) in [5, 5.41) is 3.31. The Morgan fingerprint density at radius 1 is 1.03 bits per heavy atom. The molecule has 186 valence electrons. The molecule has 0 unspecified atom stereocenters. The number of aromatic nitrogens is 4.